The van der Waals surface area contributed by atoms with E-state index in [-0.39, 0.29) is 6.10 Å². The molecule has 2 unspecified atom stereocenters. The highest BCUT2D eigenvalue weighted by Crippen LogP contribution is 2.34. The van der Waals surface area contributed by atoms with Crippen LogP contribution in [0.1, 0.15) is 33.1 Å². The molecule has 2 N–H and O–H groups in total. The molecule has 1 aliphatic carbocycles. The third-order valence-electron chi connectivity index (χ3n) is 3.30. The molecular weight excluding hydrogens is 188 g/mol. The summed E-state index contributed by atoms with van der Waals surface area (Å²) in [5.74, 6) is 0.880. The maximum absolute atomic E-state index is 9.79. The Balaban J connectivity index is 2.09. The maximum Gasteiger partial charge on any atom is 0.0791 e. The molecule has 0 aromatic rings. The van der Waals surface area contributed by atoms with Crippen LogP contribution >= 0.6 is 0 Å². The summed E-state index contributed by atoms with van der Waals surface area (Å²) in [4.78, 5) is 2.29. The SMILES string of the molecule is CCCNCC(O)CN(C)C(C)C1CC1. The predicted molar refractivity (Wildman–Crippen MR) is 64.0 cm³/mol. The number of nitrogens with one attached hydrogen (secondary N) is 1. The Labute approximate surface area is 93.9 Å². The standard InChI is InChI=1S/C12H26N2O/c1-4-7-13-8-12(15)9-14(3)10(2)11-5-6-11/h10-13,15H,4-9H2,1-3H3. The highest BCUT2D eigenvalue weighted by molar-refractivity contribution is 4.84. The molecule has 0 heterocycles. The Kier molecular flexibility index (Phi) is 5.58. The number of hydrogen-bond acceptors (Lipinski definition) is 3. The second-order valence-corrected chi connectivity index (χ2v) is 4.88. The fourth-order valence-electron chi connectivity index (χ4n) is 1.95. The molecule has 1 fully saturated rings. The van der Waals surface area contributed by atoms with Crippen molar-refractivity contribution in [1.82, 2.24) is 10.2 Å². The number of nitrogens with zero attached hydrogens (tertiary/aromatic N) is 1. The Morgan fingerprint density at radius 3 is 2.67 bits per heavy atom. The zero-order valence-corrected chi connectivity index (χ0v) is 10.4. The molecule has 1 aliphatic rings. The first kappa shape index (κ1) is 12.9. The minimum Gasteiger partial charge on any atom is -0.390 e. The molecule has 0 aromatic carbocycles. The van der Waals surface area contributed by atoms with Crippen molar-refractivity contribution in [3.63, 3.8) is 0 Å². The highest BCUT2D eigenvalue weighted by atomic mass is 16.3. The van der Waals surface area contributed by atoms with Gasteiger partial charge in [-0.3, -0.25) is 0 Å². The first-order valence-corrected chi connectivity index (χ1v) is 6.24. The molecule has 90 valence electrons. The number of likely N-dealkylation sites (N-methyl/N-ethyl adjacent to an activating group) is 1. The number of hydrogen-bond donors (Lipinski definition) is 2. The van der Waals surface area contributed by atoms with Crippen molar-refractivity contribution in [3.05, 3.63) is 0 Å². The van der Waals surface area contributed by atoms with E-state index < -0.39 is 0 Å². The van der Waals surface area contributed by atoms with Crippen molar-refractivity contribution >= 4 is 0 Å². The van der Waals surface area contributed by atoms with Crippen molar-refractivity contribution in [2.45, 2.75) is 45.3 Å². The van der Waals surface area contributed by atoms with E-state index in [0.29, 0.717) is 6.04 Å². The number of rotatable bonds is 8. The molecule has 0 amide bonds. The van der Waals surface area contributed by atoms with E-state index in [4.69, 9.17) is 0 Å². The molecule has 0 bridgehead atoms. The predicted octanol–water partition coefficient (Wildman–Crippen LogP) is 1.08. The molecule has 0 aromatic heterocycles. The van der Waals surface area contributed by atoms with Gasteiger partial charge in [-0.15, -0.1) is 0 Å². The molecule has 3 nitrogen and oxygen atoms in total. The van der Waals surface area contributed by atoms with Crippen LogP contribution in [-0.2, 0) is 0 Å². The van der Waals surface area contributed by atoms with E-state index in [2.05, 4.69) is 31.1 Å². The van der Waals surface area contributed by atoms with Crippen molar-refractivity contribution < 1.29 is 5.11 Å². The zero-order chi connectivity index (χ0) is 11.3. The van der Waals surface area contributed by atoms with Crippen molar-refractivity contribution in [3.8, 4) is 0 Å². The lowest BCUT2D eigenvalue weighted by molar-refractivity contribution is 0.101. The van der Waals surface area contributed by atoms with E-state index in [1.165, 1.54) is 12.8 Å². The second kappa shape index (κ2) is 6.46. The van der Waals surface area contributed by atoms with Crippen molar-refractivity contribution in [2.24, 2.45) is 5.92 Å². The quantitative estimate of drug-likeness (QED) is 0.594. The van der Waals surface area contributed by atoms with Gasteiger partial charge in [0.15, 0.2) is 0 Å². The molecule has 0 radical (unpaired) electrons. The second-order valence-electron chi connectivity index (χ2n) is 4.88. The van der Waals surface area contributed by atoms with E-state index >= 15 is 0 Å². The lowest BCUT2D eigenvalue weighted by Gasteiger charge is -2.27. The Morgan fingerprint density at radius 1 is 1.47 bits per heavy atom. The van der Waals surface area contributed by atoms with Gasteiger partial charge in [0.1, 0.15) is 0 Å². The van der Waals surface area contributed by atoms with Crippen LogP contribution < -0.4 is 5.32 Å². The van der Waals surface area contributed by atoms with E-state index in [1.54, 1.807) is 0 Å². The molecule has 0 saturated heterocycles. The summed E-state index contributed by atoms with van der Waals surface area (Å²) in [5, 5.41) is 13.0. The summed E-state index contributed by atoms with van der Waals surface area (Å²) in [6, 6.07) is 0.630. The van der Waals surface area contributed by atoms with E-state index in [0.717, 1.165) is 32.0 Å². The summed E-state index contributed by atoms with van der Waals surface area (Å²) in [6.45, 7) is 6.91. The fourth-order valence-corrected chi connectivity index (χ4v) is 1.95. The van der Waals surface area contributed by atoms with Crippen molar-refractivity contribution in [1.29, 1.82) is 0 Å². The minimum absolute atomic E-state index is 0.234. The van der Waals surface area contributed by atoms with Gasteiger partial charge in [-0.05, 0) is 45.7 Å². The normalized spacial score (nSPS) is 20.6. The van der Waals surface area contributed by atoms with Gasteiger partial charge in [0.05, 0.1) is 6.10 Å². The van der Waals surface area contributed by atoms with E-state index in [1.807, 2.05) is 0 Å². The third-order valence-corrected chi connectivity index (χ3v) is 3.30. The maximum atomic E-state index is 9.79. The van der Waals surface area contributed by atoms with Gasteiger partial charge in [-0.1, -0.05) is 6.92 Å². The van der Waals surface area contributed by atoms with Crippen LogP contribution in [0.5, 0.6) is 0 Å². The van der Waals surface area contributed by atoms with Crippen LogP contribution in [0.4, 0.5) is 0 Å². The largest absolute Gasteiger partial charge is 0.390 e. The van der Waals surface area contributed by atoms with Crippen LogP contribution in [0.2, 0.25) is 0 Å². The van der Waals surface area contributed by atoms with Gasteiger partial charge < -0.3 is 15.3 Å². The van der Waals surface area contributed by atoms with Crippen molar-refractivity contribution in [2.75, 3.05) is 26.7 Å². The topological polar surface area (TPSA) is 35.5 Å². The number of aliphatic hydroxyl groups is 1. The summed E-state index contributed by atoms with van der Waals surface area (Å²) < 4.78 is 0. The van der Waals surface area contributed by atoms with Crippen LogP contribution in [0.3, 0.4) is 0 Å². The molecule has 1 rings (SSSR count). The highest BCUT2D eigenvalue weighted by Gasteiger charge is 2.30. The van der Waals surface area contributed by atoms with Gasteiger partial charge >= 0.3 is 0 Å². The lowest BCUT2D eigenvalue weighted by atomic mass is 10.2. The first-order valence-electron chi connectivity index (χ1n) is 6.24. The van der Waals surface area contributed by atoms with Crippen LogP contribution in [-0.4, -0.2) is 48.8 Å². The molecule has 1 saturated carbocycles. The summed E-state index contributed by atoms with van der Waals surface area (Å²) in [6.07, 6.45) is 3.63. The lowest BCUT2D eigenvalue weighted by Crippen LogP contribution is -2.41. The van der Waals surface area contributed by atoms with Gasteiger partial charge in [-0.2, -0.15) is 0 Å². The molecule has 0 spiro atoms. The van der Waals surface area contributed by atoms with Gasteiger partial charge in [0.25, 0.3) is 0 Å². The minimum atomic E-state index is -0.234. The number of aliphatic hydroxyl groups excluding tert-OH is 1. The van der Waals surface area contributed by atoms with Crippen LogP contribution in [0.25, 0.3) is 0 Å². The molecule has 3 heteroatoms. The Hall–Kier alpha value is -0.120. The van der Waals surface area contributed by atoms with Crippen LogP contribution in [0.15, 0.2) is 0 Å². The Bertz CT molecular complexity index is 171. The van der Waals surface area contributed by atoms with Gasteiger partial charge in [0, 0.05) is 19.1 Å². The van der Waals surface area contributed by atoms with Gasteiger partial charge in [-0.25, -0.2) is 0 Å². The van der Waals surface area contributed by atoms with Crippen LogP contribution in [0, 0.1) is 5.92 Å². The summed E-state index contributed by atoms with van der Waals surface area (Å²) in [5.41, 5.74) is 0. The molecular formula is C12H26N2O. The summed E-state index contributed by atoms with van der Waals surface area (Å²) in [7, 11) is 2.12. The average Bonchev–Trinajstić information content (AvgIpc) is 3.00. The Morgan fingerprint density at radius 2 is 2.13 bits per heavy atom. The third kappa shape index (κ3) is 4.96. The summed E-state index contributed by atoms with van der Waals surface area (Å²) >= 11 is 0. The fraction of sp³-hybridized carbons (Fsp3) is 1.00. The smallest absolute Gasteiger partial charge is 0.0791 e. The monoisotopic (exact) mass is 214 g/mol. The molecule has 0 aliphatic heterocycles. The first-order chi connectivity index (χ1) is 7.15. The molecule has 15 heavy (non-hydrogen) atoms. The van der Waals surface area contributed by atoms with Gasteiger partial charge in [0.2, 0.25) is 0 Å². The van der Waals surface area contributed by atoms with E-state index in [9.17, 15) is 5.11 Å². The zero-order valence-electron chi connectivity index (χ0n) is 10.4. The molecule has 2 atom stereocenters. The average molecular weight is 214 g/mol.